The molecule has 0 atom stereocenters. The molecule has 22 heavy (non-hydrogen) atoms. The Balaban J connectivity index is 1.90. The number of carbonyl (C=O) groups is 1. The summed E-state index contributed by atoms with van der Waals surface area (Å²) in [6, 6.07) is 6.18. The number of benzene rings is 1. The number of hydrogen-bond acceptors (Lipinski definition) is 4. The lowest BCUT2D eigenvalue weighted by atomic mass is 10.0. The van der Waals surface area contributed by atoms with E-state index in [1.165, 1.54) is 13.0 Å². The molecule has 0 saturated heterocycles. The molecular weight excluding hydrogens is 291 g/mol. The average Bonchev–Trinajstić information content (AvgIpc) is 3.12. The number of carbonyl (C=O) groups excluding carboxylic acids is 1. The second-order valence-corrected chi connectivity index (χ2v) is 5.32. The van der Waals surface area contributed by atoms with Crippen molar-refractivity contribution < 1.29 is 14.1 Å². The molecule has 1 aromatic carbocycles. The monoisotopic (exact) mass is 304 g/mol. The van der Waals surface area contributed by atoms with Crippen LogP contribution in [0.25, 0.3) is 0 Å². The summed E-state index contributed by atoms with van der Waals surface area (Å²) in [4.78, 5) is 22.7. The van der Waals surface area contributed by atoms with Crippen LogP contribution in [0.5, 0.6) is 0 Å². The molecule has 1 saturated carbocycles. The van der Waals surface area contributed by atoms with Gasteiger partial charge in [-0.05, 0) is 25.8 Å². The maximum absolute atomic E-state index is 13.9. The van der Waals surface area contributed by atoms with Crippen molar-refractivity contribution in [3.05, 3.63) is 57.1 Å². The Morgan fingerprint density at radius 2 is 2.14 bits per heavy atom. The van der Waals surface area contributed by atoms with E-state index in [1.54, 1.807) is 18.2 Å². The third kappa shape index (κ3) is 2.22. The predicted molar refractivity (Wildman–Crippen MR) is 74.8 cm³/mol. The van der Waals surface area contributed by atoms with E-state index in [9.17, 15) is 19.3 Å². The van der Waals surface area contributed by atoms with Gasteiger partial charge in [-0.25, -0.2) is 4.39 Å². The minimum Gasteiger partial charge on any atom is -0.341 e. The molecule has 7 nitrogen and oxygen atoms in total. The predicted octanol–water partition coefficient (Wildman–Crippen LogP) is 2.18. The minimum atomic E-state index is -0.802. The van der Waals surface area contributed by atoms with Gasteiger partial charge in [0, 0.05) is 5.56 Å². The number of halogens is 1. The zero-order valence-corrected chi connectivity index (χ0v) is 11.7. The van der Waals surface area contributed by atoms with E-state index in [-0.39, 0.29) is 17.1 Å². The second-order valence-electron chi connectivity index (χ2n) is 5.32. The quantitative estimate of drug-likeness (QED) is 0.667. The van der Waals surface area contributed by atoms with Crippen LogP contribution in [0.15, 0.2) is 24.3 Å². The number of aromatic nitrogens is 2. The van der Waals surface area contributed by atoms with Crippen molar-refractivity contribution in [2.45, 2.75) is 25.3 Å². The highest BCUT2D eigenvalue weighted by Crippen LogP contribution is 2.46. The lowest BCUT2D eigenvalue weighted by Gasteiger charge is -2.17. The Morgan fingerprint density at radius 3 is 2.73 bits per heavy atom. The van der Waals surface area contributed by atoms with Gasteiger partial charge in [0.05, 0.1) is 10.5 Å². The molecule has 0 radical (unpaired) electrons. The summed E-state index contributed by atoms with van der Waals surface area (Å²) in [5, 5.41) is 19.8. The van der Waals surface area contributed by atoms with E-state index in [1.807, 2.05) is 0 Å². The summed E-state index contributed by atoms with van der Waals surface area (Å²) in [6.07, 6.45) is 1.16. The zero-order valence-electron chi connectivity index (χ0n) is 11.7. The van der Waals surface area contributed by atoms with Gasteiger partial charge in [-0.2, -0.15) is 5.10 Å². The number of amides is 1. The molecule has 0 bridgehead atoms. The Morgan fingerprint density at radius 1 is 1.45 bits per heavy atom. The van der Waals surface area contributed by atoms with Crippen molar-refractivity contribution in [2.24, 2.45) is 0 Å². The van der Waals surface area contributed by atoms with Gasteiger partial charge in [0.15, 0.2) is 0 Å². The summed E-state index contributed by atoms with van der Waals surface area (Å²) in [5.74, 6) is -1.09. The third-order valence-electron chi connectivity index (χ3n) is 3.80. The molecule has 1 aromatic heterocycles. The highest BCUT2D eigenvalue weighted by Gasteiger charge is 2.48. The second kappa shape index (κ2) is 4.90. The lowest BCUT2D eigenvalue weighted by molar-refractivity contribution is -0.385. The lowest BCUT2D eigenvalue weighted by Crippen LogP contribution is -2.36. The molecule has 0 spiro atoms. The topological polar surface area (TPSA) is 101 Å². The maximum Gasteiger partial charge on any atom is 0.322 e. The first-order valence-electron chi connectivity index (χ1n) is 6.71. The zero-order chi connectivity index (χ0) is 15.9. The van der Waals surface area contributed by atoms with E-state index >= 15 is 0 Å². The van der Waals surface area contributed by atoms with Crippen LogP contribution in [0.4, 0.5) is 10.1 Å². The highest BCUT2D eigenvalue weighted by atomic mass is 19.1. The molecular formula is C14H13FN4O3. The standard InChI is InChI=1S/C14H13FN4O3/c1-8-12(19(21)22)11(18-17-8)13(20)16-14(6-7-14)9-4-2-3-5-10(9)15/h2-5H,6-7H2,1H3,(H,16,20)(H,17,18). The molecule has 0 unspecified atom stereocenters. The smallest absolute Gasteiger partial charge is 0.322 e. The summed E-state index contributed by atoms with van der Waals surface area (Å²) in [5.41, 5.74) is -0.862. The van der Waals surface area contributed by atoms with Crippen LogP contribution in [0.2, 0.25) is 0 Å². The van der Waals surface area contributed by atoms with Crippen molar-refractivity contribution in [1.82, 2.24) is 15.5 Å². The molecule has 1 aliphatic rings. The Labute approximate surface area is 124 Å². The Hall–Kier alpha value is -2.77. The first-order valence-corrected chi connectivity index (χ1v) is 6.71. The average molecular weight is 304 g/mol. The van der Waals surface area contributed by atoms with Crippen molar-refractivity contribution >= 4 is 11.6 Å². The molecule has 3 rings (SSSR count). The van der Waals surface area contributed by atoms with Crippen molar-refractivity contribution in [3.63, 3.8) is 0 Å². The number of hydrogen-bond donors (Lipinski definition) is 2. The third-order valence-corrected chi connectivity index (χ3v) is 3.80. The number of aromatic amines is 1. The van der Waals surface area contributed by atoms with Crippen molar-refractivity contribution in [1.29, 1.82) is 0 Å². The van der Waals surface area contributed by atoms with E-state index in [0.29, 0.717) is 18.4 Å². The number of aryl methyl sites for hydroxylation is 1. The molecule has 1 amide bonds. The number of nitrogens with zero attached hydrogens (tertiary/aromatic N) is 2. The molecule has 1 fully saturated rings. The fourth-order valence-corrected chi connectivity index (χ4v) is 2.52. The highest BCUT2D eigenvalue weighted by molar-refractivity contribution is 5.97. The van der Waals surface area contributed by atoms with Crippen molar-refractivity contribution in [2.75, 3.05) is 0 Å². The number of nitro groups is 1. The summed E-state index contributed by atoms with van der Waals surface area (Å²) in [7, 11) is 0. The minimum absolute atomic E-state index is 0.200. The molecule has 114 valence electrons. The largest absolute Gasteiger partial charge is 0.341 e. The van der Waals surface area contributed by atoms with Gasteiger partial charge in [0.25, 0.3) is 5.91 Å². The van der Waals surface area contributed by atoms with Gasteiger partial charge in [-0.15, -0.1) is 0 Å². The van der Waals surface area contributed by atoms with Gasteiger partial charge >= 0.3 is 5.69 Å². The first kappa shape index (κ1) is 14.2. The normalized spacial score (nSPS) is 15.4. The van der Waals surface area contributed by atoms with Gasteiger partial charge < -0.3 is 5.32 Å². The van der Waals surface area contributed by atoms with Gasteiger partial charge in [-0.3, -0.25) is 20.0 Å². The van der Waals surface area contributed by atoms with Crippen LogP contribution < -0.4 is 5.32 Å². The fourth-order valence-electron chi connectivity index (χ4n) is 2.52. The molecule has 2 N–H and O–H groups in total. The van der Waals surface area contributed by atoms with Crippen molar-refractivity contribution in [3.8, 4) is 0 Å². The summed E-state index contributed by atoms with van der Waals surface area (Å²) < 4.78 is 13.9. The van der Waals surface area contributed by atoms with E-state index in [4.69, 9.17) is 0 Å². The van der Waals surface area contributed by atoms with E-state index in [0.717, 1.165) is 0 Å². The van der Waals surface area contributed by atoms with E-state index in [2.05, 4.69) is 15.5 Å². The number of nitrogens with one attached hydrogen (secondary N) is 2. The fraction of sp³-hybridized carbons (Fsp3) is 0.286. The Kier molecular flexibility index (Phi) is 3.16. The van der Waals surface area contributed by atoms with Gasteiger partial charge in [0.1, 0.15) is 11.5 Å². The van der Waals surface area contributed by atoms with Crippen LogP contribution in [-0.2, 0) is 5.54 Å². The molecule has 1 aliphatic carbocycles. The first-order chi connectivity index (χ1) is 10.4. The van der Waals surface area contributed by atoms with Crippen LogP contribution in [-0.4, -0.2) is 21.0 Å². The Bertz CT molecular complexity index is 767. The van der Waals surface area contributed by atoms with Crippen LogP contribution in [0.1, 0.15) is 34.6 Å². The van der Waals surface area contributed by atoms with Gasteiger partial charge in [-0.1, -0.05) is 18.2 Å². The molecule has 1 heterocycles. The molecule has 8 heteroatoms. The maximum atomic E-state index is 13.9. The van der Waals surface area contributed by atoms with Crippen LogP contribution >= 0.6 is 0 Å². The number of rotatable bonds is 4. The number of H-pyrrole nitrogens is 1. The SMILES string of the molecule is Cc1[nH]nc(C(=O)NC2(c3ccccc3F)CC2)c1[N+](=O)[O-]. The summed E-state index contributed by atoms with van der Waals surface area (Å²) in [6.45, 7) is 1.46. The van der Waals surface area contributed by atoms with Gasteiger partial charge in [0.2, 0.25) is 5.69 Å². The van der Waals surface area contributed by atoms with Crippen LogP contribution in [0.3, 0.4) is 0 Å². The van der Waals surface area contributed by atoms with Crippen LogP contribution in [0, 0.1) is 22.9 Å². The molecule has 0 aliphatic heterocycles. The van der Waals surface area contributed by atoms with E-state index < -0.39 is 22.2 Å². The molecule has 2 aromatic rings. The summed E-state index contributed by atoms with van der Waals surface area (Å²) >= 11 is 0.